The number of hydrogen-bond donors (Lipinski definition) is 1. The van der Waals surface area contributed by atoms with Crippen LogP contribution < -0.4 is 5.32 Å². The number of rotatable bonds is 11. The molecule has 0 aromatic carbocycles. The van der Waals surface area contributed by atoms with Crippen LogP contribution in [0.1, 0.15) is 52.4 Å². The van der Waals surface area contributed by atoms with E-state index in [9.17, 15) is 9.59 Å². The zero-order chi connectivity index (χ0) is 16.8. The van der Waals surface area contributed by atoms with Crippen LogP contribution in [0.4, 0.5) is 0 Å². The van der Waals surface area contributed by atoms with Crippen LogP contribution in [0, 0.1) is 0 Å². The van der Waals surface area contributed by atoms with Gasteiger partial charge in [-0.15, -0.1) is 0 Å². The maximum absolute atomic E-state index is 11.6. The van der Waals surface area contributed by atoms with Crippen molar-refractivity contribution in [1.82, 2.24) is 5.32 Å². The Hall–Kier alpha value is -1.62. The molecule has 5 nitrogen and oxygen atoms in total. The van der Waals surface area contributed by atoms with Gasteiger partial charge in [0.2, 0.25) is 5.91 Å². The van der Waals surface area contributed by atoms with Crippen molar-refractivity contribution >= 4 is 11.9 Å². The number of carbonyl (C=O) groups is 2. The summed E-state index contributed by atoms with van der Waals surface area (Å²) in [5.74, 6) is -0.461. The van der Waals surface area contributed by atoms with E-state index in [2.05, 4.69) is 18.3 Å². The summed E-state index contributed by atoms with van der Waals surface area (Å²) in [6.07, 6.45) is 10.0. The average Bonchev–Trinajstić information content (AvgIpc) is 2.52. The summed E-state index contributed by atoms with van der Waals surface area (Å²) in [6, 6.07) is 0. The molecule has 0 spiro atoms. The molecule has 22 heavy (non-hydrogen) atoms. The lowest BCUT2D eigenvalue weighted by Crippen LogP contribution is -2.17. The summed E-state index contributed by atoms with van der Waals surface area (Å²) < 4.78 is 9.85. The van der Waals surface area contributed by atoms with Gasteiger partial charge in [-0.2, -0.15) is 0 Å². The third kappa shape index (κ3) is 11.1. The van der Waals surface area contributed by atoms with Gasteiger partial charge in [-0.3, -0.25) is 4.79 Å². The Morgan fingerprint density at radius 3 is 2.50 bits per heavy atom. The zero-order valence-electron chi connectivity index (χ0n) is 14.2. The van der Waals surface area contributed by atoms with Crippen LogP contribution in [0.5, 0.6) is 0 Å². The quantitative estimate of drug-likeness (QED) is 0.209. The second-order valence-electron chi connectivity index (χ2n) is 5.02. The van der Waals surface area contributed by atoms with Crippen LogP contribution in [-0.4, -0.2) is 32.3 Å². The minimum Gasteiger partial charge on any atom is -0.433 e. The van der Waals surface area contributed by atoms with Crippen LogP contribution in [0.15, 0.2) is 23.8 Å². The maximum atomic E-state index is 11.6. The average molecular weight is 311 g/mol. The van der Waals surface area contributed by atoms with Gasteiger partial charge in [0.05, 0.1) is 0 Å². The molecule has 1 amide bonds. The van der Waals surface area contributed by atoms with Gasteiger partial charge in [0.15, 0.2) is 6.29 Å². The van der Waals surface area contributed by atoms with Gasteiger partial charge in [0.1, 0.15) is 0 Å². The van der Waals surface area contributed by atoms with E-state index in [1.807, 2.05) is 0 Å². The van der Waals surface area contributed by atoms with Gasteiger partial charge in [-0.25, -0.2) is 4.79 Å². The molecule has 1 unspecified atom stereocenters. The van der Waals surface area contributed by atoms with E-state index < -0.39 is 12.3 Å². The third-order valence-corrected chi connectivity index (χ3v) is 3.18. The van der Waals surface area contributed by atoms with Crippen LogP contribution >= 0.6 is 0 Å². The molecule has 0 aliphatic rings. The Morgan fingerprint density at radius 2 is 1.91 bits per heavy atom. The van der Waals surface area contributed by atoms with Crippen molar-refractivity contribution in [2.75, 3.05) is 14.2 Å². The molecule has 0 heterocycles. The van der Waals surface area contributed by atoms with Crippen LogP contribution in [0.25, 0.3) is 0 Å². The number of ether oxygens (including phenoxy) is 2. The normalized spacial score (nSPS) is 13.2. The fourth-order valence-corrected chi connectivity index (χ4v) is 1.74. The highest BCUT2D eigenvalue weighted by molar-refractivity contribution is 5.82. The molecule has 0 fully saturated rings. The van der Waals surface area contributed by atoms with E-state index in [1.54, 1.807) is 20.0 Å². The summed E-state index contributed by atoms with van der Waals surface area (Å²) in [6.45, 7) is 3.81. The molecule has 0 rings (SSSR count). The minimum absolute atomic E-state index is 0.0107. The van der Waals surface area contributed by atoms with Gasteiger partial charge in [0.25, 0.3) is 0 Å². The number of nitrogens with one attached hydrogen (secondary N) is 1. The molecule has 0 aliphatic heterocycles. The van der Waals surface area contributed by atoms with E-state index in [1.165, 1.54) is 26.0 Å². The second-order valence-corrected chi connectivity index (χ2v) is 5.02. The Morgan fingerprint density at radius 1 is 1.18 bits per heavy atom. The molecule has 0 aromatic rings. The lowest BCUT2D eigenvalue weighted by Gasteiger charge is -2.08. The molecule has 0 aliphatic carbocycles. The van der Waals surface area contributed by atoms with Crippen molar-refractivity contribution in [3.8, 4) is 0 Å². The van der Waals surface area contributed by atoms with Crippen LogP contribution in [-0.2, 0) is 19.1 Å². The SMILES string of the molecule is CCCCC/C=C(/C=C/C(=O)OC(C)OC)CCC(=O)NC. The van der Waals surface area contributed by atoms with Crippen molar-refractivity contribution in [3.05, 3.63) is 23.8 Å². The molecule has 5 heteroatoms. The van der Waals surface area contributed by atoms with E-state index in [4.69, 9.17) is 9.47 Å². The number of amides is 1. The first-order chi connectivity index (χ1) is 10.5. The summed E-state index contributed by atoms with van der Waals surface area (Å²) in [7, 11) is 3.09. The standard InChI is InChI=1S/C17H29NO4/c1-5-6-7-8-9-15(10-12-16(19)18-3)11-13-17(20)22-14(2)21-4/h9,11,13-14H,5-8,10,12H2,1-4H3,(H,18,19)/b13-11+,15-9+. The van der Waals surface area contributed by atoms with E-state index in [0.29, 0.717) is 12.8 Å². The highest BCUT2D eigenvalue weighted by Crippen LogP contribution is 2.11. The molecular formula is C17H29NO4. The fraction of sp³-hybridized carbons (Fsp3) is 0.647. The predicted octanol–water partition coefficient (Wildman–Crippen LogP) is 3.11. The largest absolute Gasteiger partial charge is 0.433 e. The predicted molar refractivity (Wildman–Crippen MR) is 87.2 cm³/mol. The highest BCUT2D eigenvalue weighted by Gasteiger charge is 2.05. The lowest BCUT2D eigenvalue weighted by molar-refractivity contribution is -0.163. The first-order valence-corrected chi connectivity index (χ1v) is 7.84. The molecular weight excluding hydrogens is 282 g/mol. The van der Waals surface area contributed by atoms with Crippen molar-refractivity contribution in [2.45, 2.75) is 58.7 Å². The van der Waals surface area contributed by atoms with E-state index in [0.717, 1.165) is 18.4 Å². The number of allylic oxidation sites excluding steroid dienone is 3. The fourth-order valence-electron chi connectivity index (χ4n) is 1.74. The Labute approximate surface area is 133 Å². The van der Waals surface area contributed by atoms with Crippen LogP contribution in [0.2, 0.25) is 0 Å². The molecule has 0 saturated heterocycles. The summed E-state index contributed by atoms with van der Waals surface area (Å²) >= 11 is 0. The molecule has 0 radical (unpaired) electrons. The van der Waals surface area contributed by atoms with Gasteiger partial charge in [-0.1, -0.05) is 37.5 Å². The number of methoxy groups -OCH3 is 1. The summed E-state index contributed by atoms with van der Waals surface area (Å²) in [5, 5.41) is 2.60. The number of hydrogen-bond acceptors (Lipinski definition) is 4. The Balaban J connectivity index is 4.55. The third-order valence-electron chi connectivity index (χ3n) is 3.18. The lowest BCUT2D eigenvalue weighted by atomic mass is 10.1. The van der Waals surface area contributed by atoms with E-state index in [-0.39, 0.29) is 5.91 Å². The van der Waals surface area contributed by atoms with Crippen molar-refractivity contribution < 1.29 is 19.1 Å². The van der Waals surface area contributed by atoms with Gasteiger partial charge in [-0.05, 0) is 26.2 Å². The number of unbranched alkanes of at least 4 members (excludes halogenated alkanes) is 3. The molecule has 1 N–H and O–H groups in total. The monoisotopic (exact) mass is 311 g/mol. The topological polar surface area (TPSA) is 64.6 Å². The zero-order valence-corrected chi connectivity index (χ0v) is 14.2. The summed E-state index contributed by atoms with van der Waals surface area (Å²) in [5.41, 5.74) is 0.974. The first kappa shape index (κ1) is 20.4. The van der Waals surface area contributed by atoms with Gasteiger partial charge >= 0.3 is 5.97 Å². The highest BCUT2D eigenvalue weighted by atomic mass is 16.7. The van der Waals surface area contributed by atoms with Crippen molar-refractivity contribution in [3.63, 3.8) is 0 Å². The van der Waals surface area contributed by atoms with Crippen molar-refractivity contribution in [1.29, 1.82) is 0 Å². The molecule has 1 atom stereocenters. The second kappa shape index (κ2) is 13.1. The number of esters is 1. The Bertz CT molecular complexity index is 388. The molecule has 0 bridgehead atoms. The molecule has 0 aromatic heterocycles. The summed E-state index contributed by atoms with van der Waals surface area (Å²) in [4.78, 5) is 22.9. The van der Waals surface area contributed by atoms with Gasteiger partial charge in [0, 0.05) is 26.7 Å². The number of carbonyl (C=O) groups excluding carboxylic acids is 2. The molecule has 0 saturated carbocycles. The van der Waals surface area contributed by atoms with Gasteiger partial charge < -0.3 is 14.8 Å². The van der Waals surface area contributed by atoms with E-state index >= 15 is 0 Å². The molecule has 126 valence electrons. The van der Waals surface area contributed by atoms with Crippen LogP contribution in [0.3, 0.4) is 0 Å². The minimum atomic E-state index is -0.569. The maximum Gasteiger partial charge on any atom is 0.333 e. The first-order valence-electron chi connectivity index (χ1n) is 7.84. The van der Waals surface area contributed by atoms with Crippen molar-refractivity contribution in [2.24, 2.45) is 0 Å². The Kier molecular flexibility index (Phi) is 12.1. The smallest absolute Gasteiger partial charge is 0.333 e.